The van der Waals surface area contributed by atoms with Crippen LogP contribution in [0.3, 0.4) is 0 Å². The second kappa shape index (κ2) is 10.9. The van der Waals surface area contributed by atoms with Gasteiger partial charge in [-0.2, -0.15) is 0 Å². The average molecular weight is 496 g/mol. The van der Waals surface area contributed by atoms with Gasteiger partial charge in [0.05, 0.1) is 28.8 Å². The number of ether oxygens (including phenoxy) is 1. The van der Waals surface area contributed by atoms with Crippen LogP contribution in [0, 0.1) is 4.91 Å². The second-order valence-corrected chi connectivity index (χ2v) is 10.7. The van der Waals surface area contributed by atoms with Crippen molar-refractivity contribution in [1.82, 2.24) is 4.90 Å². The molecule has 1 fully saturated rings. The standard InChI is InChI=1S/C23H27Cl2N3O3S/c1-23(2,32-27-30)14-28-13-7-12-19(28)20(22(29)31-3)15-8-4-5-11-18(15)26-21-16(24)9-6-10-17(21)25/h4-6,8-11,19-20,26H,7,12-14H2,1-3H3/t19-,20?/m0/s1. The number of nitrogens with one attached hydrogen (secondary N) is 1. The molecule has 1 N–H and O–H groups in total. The molecule has 0 radical (unpaired) electrons. The second-order valence-electron chi connectivity index (χ2n) is 8.42. The van der Waals surface area contributed by atoms with Crippen LogP contribution in [0.15, 0.2) is 47.0 Å². The van der Waals surface area contributed by atoms with Crippen LogP contribution in [0.1, 0.15) is 38.2 Å². The van der Waals surface area contributed by atoms with Gasteiger partial charge in [0.2, 0.25) is 0 Å². The van der Waals surface area contributed by atoms with Crippen LogP contribution in [-0.2, 0) is 9.53 Å². The number of esters is 1. The number of benzene rings is 2. The molecule has 2 aromatic rings. The van der Waals surface area contributed by atoms with Crippen LogP contribution in [0.5, 0.6) is 0 Å². The third-order valence-corrected chi connectivity index (χ3v) is 6.97. The Morgan fingerprint density at radius 2 is 1.94 bits per heavy atom. The van der Waals surface area contributed by atoms with Crippen molar-refractivity contribution in [1.29, 1.82) is 0 Å². The Balaban J connectivity index is 1.98. The van der Waals surface area contributed by atoms with Gasteiger partial charge in [-0.15, -0.1) is 4.91 Å². The van der Waals surface area contributed by atoms with Gasteiger partial charge in [-0.25, -0.2) is 0 Å². The van der Waals surface area contributed by atoms with E-state index in [2.05, 4.69) is 14.8 Å². The maximum atomic E-state index is 13.1. The summed E-state index contributed by atoms with van der Waals surface area (Å²) in [5, 5.41) is 4.31. The van der Waals surface area contributed by atoms with Gasteiger partial charge in [0.1, 0.15) is 0 Å². The third-order valence-electron chi connectivity index (χ3n) is 5.64. The average Bonchev–Trinajstić information content (AvgIpc) is 3.18. The fourth-order valence-corrected chi connectivity index (χ4v) is 5.21. The summed E-state index contributed by atoms with van der Waals surface area (Å²) in [6, 6.07) is 12.9. The van der Waals surface area contributed by atoms with E-state index < -0.39 is 5.92 Å². The molecule has 9 heteroatoms. The molecule has 2 atom stereocenters. The van der Waals surface area contributed by atoms with Gasteiger partial charge in [-0.1, -0.05) is 47.5 Å². The first-order valence-electron chi connectivity index (χ1n) is 10.4. The fourth-order valence-electron chi connectivity index (χ4n) is 4.30. The lowest BCUT2D eigenvalue weighted by Crippen LogP contribution is -2.44. The topological polar surface area (TPSA) is 71.0 Å². The lowest BCUT2D eigenvalue weighted by atomic mass is 9.88. The number of nitroso groups, excluding NO2 is 1. The summed E-state index contributed by atoms with van der Waals surface area (Å²) in [6.07, 6.45) is 1.80. The first kappa shape index (κ1) is 24.8. The molecule has 1 saturated heterocycles. The van der Waals surface area contributed by atoms with Gasteiger partial charge < -0.3 is 10.1 Å². The van der Waals surface area contributed by atoms with E-state index in [0.717, 1.165) is 42.6 Å². The Labute approximate surface area is 203 Å². The van der Waals surface area contributed by atoms with E-state index in [1.54, 1.807) is 18.2 Å². The molecule has 1 heterocycles. The number of nitrogens with zero attached hydrogens (tertiary/aromatic N) is 2. The van der Waals surface area contributed by atoms with Crippen molar-refractivity contribution >= 4 is 52.5 Å². The summed E-state index contributed by atoms with van der Waals surface area (Å²) in [4.78, 5) is 26.2. The van der Waals surface area contributed by atoms with Crippen molar-refractivity contribution in [2.75, 3.05) is 25.5 Å². The summed E-state index contributed by atoms with van der Waals surface area (Å²) >= 11 is 13.8. The normalized spacial score (nSPS) is 17.7. The fraction of sp³-hybridized carbons (Fsp3) is 0.435. The molecule has 0 aromatic heterocycles. The van der Waals surface area contributed by atoms with Crippen molar-refractivity contribution in [3.8, 4) is 0 Å². The molecule has 2 aromatic carbocycles. The Morgan fingerprint density at radius 3 is 2.59 bits per heavy atom. The van der Waals surface area contributed by atoms with Gasteiger partial charge >= 0.3 is 5.97 Å². The van der Waals surface area contributed by atoms with Crippen molar-refractivity contribution in [2.45, 2.75) is 43.4 Å². The molecular weight excluding hydrogens is 469 g/mol. The predicted octanol–water partition coefficient (Wildman–Crippen LogP) is 6.65. The quantitative estimate of drug-likeness (QED) is 0.238. The molecule has 0 saturated carbocycles. The number of hydrogen-bond donors (Lipinski definition) is 1. The van der Waals surface area contributed by atoms with E-state index in [0.29, 0.717) is 22.3 Å². The number of rotatable bonds is 9. The van der Waals surface area contributed by atoms with E-state index in [1.807, 2.05) is 38.1 Å². The molecule has 172 valence electrons. The maximum Gasteiger partial charge on any atom is 0.314 e. The third kappa shape index (κ3) is 5.76. The monoisotopic (exact) mass is 495 g/mol. The Hall–Kier alpha value is -1.80. The molecule has 0 bridgehead atoms. The zero-order valence-electron chi connectivity index (χ0n) is 18.3. The highest BCUT2D eigenvalue weighted by Crippen LogP contribution is 2.40. The number of anilines is 2. The Morgan fingerprint density at radius 1 is 1.25 bits per heavy atom. The number of para-hydroxylation sites is 2. The number of hydrogen-bond acceptors (Lipinski definition) is 7. The predicted molar refractivity (Wildman–Crippen MR) is 133 cm³/mol. The molecular formula is C23H27Cl2N3O3S. The molecule has 0 amide bonds. The van der Waals surface area contributed by atoms with Crippen molar-refractivity contribution in [2.24, 2.45) is 4.58 Å². The van der Waals surface area contributed by atoms with E-state index in [-0.39, 0.29) is 16.8 Å². The van der Waals surface area contributed by atoms with Crippen LogP contribution < -0.4 is 5.32 Å². The van der Waals surface area contributed by atoms with Gasteiger partial charge in [-0.3, -0.25) is 9.69 Å². The van der Waals surface area contributed by atoms with Crippen molar-refractivity contribution < 1.29 is 9.53 Å². The molecule has 0 aliphatic carbocycles. The molecule has 32 heavy (non-hydrogen) atoms. The van der Waals surface area contributed by atoms with E-state index >= 15 is 0 Å². The minimum absolute atomic E-state index is 0.0707. The van der Waals surface area contributed by atoms with Crippen molar-refractivity contribution in [3.63, 3.8) is 0 Å². The molecule has 3 rings (SSSR count). The molecule has 1 aliphatic rings. The van der Waals surface area contributed by atoms with Crippen LogP contribution >= 0.6 is 35.1 Å². The maximum absolute atomic E-state index is 13.1. The molecule has 0 spiro atoms. The molecule has 1 aliphatic heterocycles. The largest absolute Gasteiger partial charge is 0.469 e. The number of carbonyl (C=O) groups is 1. The summed E-state index contributed by atoms with van der Waals surface area (Å²) in [5.74, 6) is -0.821. The Bertz CT molecular complexity index is 953. The van der Waals surface area contributed by atoms with E-state index in [9.17, 15) is 9.70 Å². The smallest absolute Gasteiger partial charge is 0.314 e. The van der Waals surface area contributed by atoms with Gasteiger partial charge in [0.25, 0.3) is 0 Å². The summed E-state index contributed by atoms with van der Waals surface area (Å²) in [5.41, 5.74) is 2.14. The summed E-state index contributed by atoms with van der Waals surface area (Å²) < 4.78 is 7.89. The molecule has 1 unspecified atom stereocenters. The number of carbonyl (C=O) groups excluding carboxylic acids is 1. The zero-order valence-corrected chi connectivity index (χ0v) is 20.6. The van der Waals surface area contributed by atoms with Crippen LogP contribution in [0.4, 0.5) is 11.4 Å². The summed E-state index contributed by atoms with van der Waals surface area (Å²) in [7, 11) is 1.41. The number of methoxy groups -OCH3 is 1. The minimum atomic E-state index is -0.516. The highest BCUT2D eigenvalue weighted by molar-refractivity contribution is 7.99. The SMILES string of the molecule is COC(=O)C(c1ccccc1Nc1c(Cl)cccc1Cl)[C@@H]1CCCN1CC(C)(C)SN=O. The lowest BCUT2D eigenvalue weighted by molar-refractivity contribution is -0.144. The van der Waals surface area contributed by atoms with Gasteiger partial charge in [0, 0.05) is 39.6 Å². The number of likely N-dealkylation sites (tertiary alicyclic amines) is 1. The first-order chi connectivity index (χ1) is 15.3. The zero-order chi connectivity index (χ0) is 23.3. The van der Waals surface area contributed by atoms with E-state index in [4.69, 9.17) is 27.9 Å². The van der Waals surface area contributed by atoms with E-state index in [1.165, 1.54) is 7.11 Å². The van der Waals surface area contributed by atoms with Gasteiger partial charge in [-0.05, 0) is 57.0 Å². The lowest BCUT2D eigenvalue weighted by Gasteiger charge is -2.35. The molecule has 6 nitrogen and oxygen atoms in total. The first-order valence-corrected chi connectivity index (χ1v) is 11.9. The Kier molecular flexibility index (Phi) is 8.44. The highest BCUT2D eigenvalue weighted by Gasteiger charge is 2.41. The van der Waals surface area contributed by atoms with Crippen molar-refractivity contribution in [3.05, 3.63) is 63.0 Å². The van der Waals surface area contributed by atoms with Crippen LogP contribution in [-0.4, -0.2) is 41.9 Å². The number of halogens is 2. The van der Waals surface area contributed by atoms with Crippen LogP contribution in [0.25, 0.3) is 0 Å². The summed E-state index contributed by atoms with van der Waals surface area (Å²) in [6.45, 7) is 5.44. The van der Waals surface area contributed by atoms with Gasteiger partial charge in [0.15, 0.2) is 0 Å². The highest BCUT2D eigenvalue weighted by atomic mass is 35.5. The minimum Gasteiger partial charge on any atom is -0.469 e. The van der Waals surface area contributed by atoms with Crippen LogP contribution in [0.2, 0.25) is 10.0 Å².